The second-order valence-corrected chi connectivity index (χ2v) is 9.58. The molecule has 9 nitrogen and oxygen atoms in total. The fraction of sp³-hybridized carbons (Fsp3) is 0.433. The van der Waals surface area contributed by atoms with Crippen LogP contribution in [-0.2, 0) is 16.1 Å². The van der Waals surface area contributed by atoms with E-state index in [1.165, 1.54) is 0 Å². The van der Waals surface area contributed by atoms with Crippen LogP contribution in [0.15, 0.2) is 60.9 Å². The number of carbonyl (C=O) groups excluding carboxylic acids is 1. The standard InChI is InChI=1S/C30H38N4O5/c35-29(36)9-2-1-5-18-39-28-8-4-3-7-26(28)23-34(15-6-14-33-16-19-38-20-17-33)30(37)25-12-10-24(11-13-25)27-21-31-32-22-27/h3-4,7-8,10-13,21-22H,1-2,5-6,9,14-20,23H2,(H,31,32)(H,35,36)/i15D. The highest BCUT2D eigenvalue weighted by Crippen LogP contribution is 2.23. The van der Waals surface area contributed by atoms with Gasteiger partial charge in [0.05, 0.1) is 26.0 Å². The van der Waals surface area contributed by atoms with Crippen LogP contribution in [0.5, 0.6) is 5.75 Å². The zero-order valence-corrected chi connectivity index (χ0v) is 22.3. The van der Waals surface area contributed by atoms with E-state index in [-0.39, 0.29) is 18.9 Å². The lowest BCUT2D eigenvalue weighted by Crippen LogP contribution is -2.39. The van der Waals surface area contributed by atoms with Crippen molar-refractivity contribution in [3.8, 4) is 16.9 Å². The van der Waals surface area contributed by atoms with Crippen molar-refractivity contribution in [2.75, 3.05) is 46.0 Å². The molecule has 4 rings (SSSR count). The Hall–Kier alpha value is -3.69. The quantitative estimate of drug-likeness (QED) is 0.277. The van der Waals surface area contributed by atoms with Gasteiger partial charge >= 0.3 is 5.97 Å². The van der Waals surface area contributed by atoms with Crippen molar-refractivity contribution >= 4 is 11.9 Å². The lowest BCUT2D eigenvalue weighted by Gasteiger charge is -2.29. The minimum atomic E-state index is -0.786. The number of H-pyrrole nitrogens is 1. The first-order chi connectivity index (χ1) is 19.5. The van der Waals surface area contributed by atoms with Gasteiger partial charge in [0.1, 0.15) is 5.75 Å². The SMILES string of the molecule is [2H]C(CCN1CCOCC1)N(Cc1ccccc1OCCCCCC(=O)O)C(=O)c1ccc(-c2cn[nH]c2)cc1. The molecule has 1 amide bonds. The molecule has 1 fully saturated rings. The third kappa shape index (κ3) is 8.94. The van der Waals surface area contributed by atoms with Crippen LogP contribution in [0.2, 0.25) is 0 Å². The van der Waals surface area contributed by atoms with Gasteiger partial charge in [0.2, 0.25) is 0 Å². The normalized spacial score (nSPS) is 14.9. The van der Waals surface area contributed by atoms with E-state index in [9.17, 15) is 9.59 Å². The van der Waals surface area contributed by atoms with E-state index in [0.717, 1.165) is 49.2 Å². The van der Waals surface area contributed by atoms with Crippen LogP contribution in [0.1, 0.15) is 49.4 Å². The number of carboxylic acid groups (broad SMARTS) is 1. The highest BCUT2D eigenvalue weighted by molar-refractivity contribution is 5.94. The zero-order chi connectivity index (χ0) is 28.2. The Labute approximate surface area is 231 Å². The van der Waals surface area contributed by atoms with Crippen LogP contribution in [0.3, 0.4) is 0 Å². The topological polar surface area (TPSA) is 108 Å². The van der Waals surface area contributed by atoms with Crippen molar-refractivity contribution in [1.29, 1.82) is 0 Å². The highest BCUT2D eigenvalue weighted by atomic mass is 16.5. The molecule has 1 atom stereocenters. The number of nitrogens with one attached hydrogen (secondary N) is 1. The van der Waals surface area contributed by atoms with Crippen molar-refractivity contribution in [2.45, 2.75) is 38.6 Å². The summed E-state index contributed by atoms with van der Waals surface area (Å²) in [6.45, 7) is 3.72. The van der Waals surface area contributed by atoms with Gasteiger partial charge in [-0.2, -0.15) is 5.10 Å². The summed E-state index contributed by atoms with van der Waals surface area (Å²) in [7, 11) is 0. The molecule has 1 saturated heterocycles. The summed E-state index contributed by atoms with van der Waals surface area (Å²) in [4.78, 5) is 28.4. The Bertz CT molecular complexity index is 1200. The Morgan fingerprint density at radius 1 is 1.05 bits per heavy atom. The number of carbonyl (C=O) groups is 2. The molecule has 208 valence electrons. The lowest BCUT2D eigenvalue weighted by molar-refractivity contribution is -0.137. The van der Waals surface area contributed by atoms with Gasteiger partial charge in [-0.15, -0.1) is 0 Å². The van der Waals surface area contributed by atoms with Gasteiger partial charge in [-0.25, -0.2) is 0 Å². The molecule has 1 aromatic heterocycles. The van der Waals surface area contributed by atoms with E-state index in [0.29, 0.717) is 44.0 Å². The molecule has 2 heterocycles. The number of aliphatic carboxylic acids is 1. The molecule has 2 aromatic carbocycles. The van der Waals surface area contributed by atoms with E-state index in [1.807, 2.05) is 36.4 Å². The van der Waals surface area contributed by atoms with Gasteiger partial charge in [-0.05, 0) is 49.4 Å². The monoisotopic (exact) mass is 535 g/mol. The second kappa shape index (κ2) is 15.0. The first kappa shape index (κ1) is 26.9. The zero-order valence-electron chi connectivity index (χ0n) is 23.3. The number of amides is 1. The van der Waals surface area contributed by atoms with Crippen molar-refractivity contribution in [3.05, 3.63) is 72.1 Å². The van der Waals surface area contributed by atoms with Crippen molar-refractivity contribution in [1.82, 2.24) is 20.0 Å². The van der Waals surface area contributed by atoms with Gasteiger partial charge < -0.3 is 19.5 Å². The minimum absolute atomic E-state index is 0.159. The third-order valence-corrected chi connectivity index (χ3v) is 6.73. The summed E-state index contributed by atoms with van der Waals surface area (Å²) in [6, 6.07) is 15.0. The molecule has 0 saturated carbocycles. The van der Waals surface area contributed by atoms with E-state index < -0.39 is 12.5 Å². The fourth-order valence-corrected chi connectivity index (χ4v) is 4.52. The average molecular weight is 536 g/mol. The lowest BCUT2D eigenvalue weighted by atomic mass is 10.1. The smallest absolute Gasteiger partial charge is 0.303 e. The maximum absolute atomic E-state index is 13.8. The predicted molar refractivity (Wildman–Crippen MR) is 149 cm³/mol. The van der Waals surface area contributed by atoms with Crippen molar-refractivity contribution in [2.24, 2.45) is 0 Å². The Balaban J connectivity index is 1.46. The van der Waals surface area contributed by atoms with E-state index in [4.69, 9.17) is 16.0 Å². The summed E-state index contributed by atoms with van der Waals surface area (Å²) >= 11 is 0. The molecule has 0 spiro atoms. The number of rotatable bonds is 15. The summed E-state index contributed by atoms with van der Waals surface area (Å²) in [5, 5.41) is 15.6. The largest absolute Gasteiger partial charge is 0.493 e. The number of aromatic nitrogens is 2. The molecular weight excluding hydrogens is 496 g/mol. The molecule has 3 aromatic rings. The summed E-state index contributed by atoms with van der Waals surface area (Å²) in [5.74, 6) is -0.316. The molecule has 1 aliphatic heterocycles. The molecule has 2 N–H and O–H groups in total. The van der Waals surface area contributed by atoms with Gasteiger partial charge in [0.25, 0.3) is 5.91 Å². The molecule has 1 aliphatic rings. The third-order valence-electron chi connectivity index (χ3n) is 6.73. The number of nitrogens with zero attached hydrogens (tertiary/aromatic N) is 3. The number of aromatic amines is 1. The first-order valence-electron chi connectivity index (χ1n) is 14.1. The first-order valence-corrected chi connectivity index (χ1v) is 13.6. The number of carboxylic acids is 1. The Morgan fingerprint density at radius 2 is 1.85 bits per heavy atom. The van der Waals surface area contributed by atoms with E-state index >= 15 is 0 Å². The minimum Gasteiger partial charge on any atom is -0.493 e. The van der Waals surface area contributed by atoms with Crippen LogP contribution in [-0.4, -0.2) is 83.0 Å². The maximum Gasteiger partial charge on any atom is 0.303 e. The number of para-hydroxylation sites is 1. The van der Waals surface area contributed by atoms with E-state index in [2.05, 4.69) is 15.1 Å². The number of hydrogen-bond acceptors (Lipinski definition) is 6. The van der Waals surface area contributed by atoms with Gasteiger partial charge in [0, 0.05) is 63.4 Å². The number of unbranched alkanes of at least 4 members (excludes halogenated alkanes) is 2. The van der Waals surface area contributed by atoms with Gasteiger partial charge in [-0.3, -0.25) is 19.6 Å². The van der Waals surface area contributed by atoms with Crippen LogP contribution in [0.25, 0.3) is 11.1 Å². The Kier molecular flexibility index (Phi) is 10.4. The van der Waals surface area contributed by atoms with Gasteiger partial charge in [0.15, 0.2) is 0 Å². The summed E-state index contributed by atoms with van der Waals surface area (Å²) in [5.41, 5.74) is 3.25. The highest BCUT2D eigenvalue weighted by Gasteiger charge is 2.19. The van der Waals surface area contributed by atoms with Crippen LogP contribution < -0.4 is 4.74 Å². The predicted octanol–water partition coefficient (Wildman–Crippen LogP) is 4.47. The average Bonchev–Trinajstić information content (AvgIpc) is 3.52. The number of hydrogen-bond donors (Lipinski definition) is 2. The molecule has 1 unspecified atom stereocenters. The molecular formula is C30H38N4O5. The second-order valence-electron chi connectivity index (χ2n) is 9.58. The van der Waals surface area contributed by atoms with Gasteiger partial charge in [-0.1, -0.05) is 30.3 Å². The van der Waals surface area contributed by atoms with Crippen molar-refractivity contribution < 1.29 is 25.5 Å². The molecule has 39 heavy (non-hydrogen) atoms. The maximum atomic E-state index is 13.8. The molecule has 0 radical (unpaired) electrons. The molecule has 9 heteroatoms. The van der Waals surface area contributed by atoms with E-state index in [1.54, 1.807) is 29.4 Å². The molecule has 0 aliphatic carbocycles. The number of ether oxygens (including phenoxy) is 2. The van der Waals surface area contributed by atoms with Crippen LogP contribution in [0, 0.1) is 0 Å². The number of benzene rings is 2. The summed E-state index contributed by atoms with van der Waals surface area (Å²) in [6.07, 6.45) is 6.34. The number of morpholine rings is 1. The summed E-state index contributed by atoms with van der Waals surface area (Å²) < 4.78 is 20.5. The van der Waals surface area contributed by atoms with Crippen LogP contribution in [0.4, 0.5) is 0 Å². The van der Waals surface area contributed by atoms with Crippen LogP contribution >= 0.6 is 0 Å². The molecule has 0 bridgehead atoms. The van der Waals surface area contributed by atoms with Crippen molar-refractivity contribution in [3.63, 3.8) is 0 Å². The Morgan fingerprint density at radius 3 is 2.59 bits per heavy atom. The fourth-order valence-electron chi connectivity index (χ4n) is 4.52.